The fourth-order valence-electron chi connectivity index (χ4n) is 2.18. The molecule has 6 heteroatoms. The molecular weight excluding hydrogens is 338 g/mol. The first kappa shape index (κ1) is 14.3. The number of halogens is 2. The van der Waals surface area contributed by atoms with Crippen molar-refractivity contribution in [2.24, 2.45) is 5.92 Å². The second-order valence-corrected chi connectivity index (χ2v) is 7.64. The van der Waals surface area contributed by atoms with Crippen LogP contribution in [0.15, 0.2) is 33.6 Å². The lowest BCUT2D eigenvalue weighted by Gasteiger charge is -2.15. The molecule has 1 N–H and O–H groups in total. The van der Waals surface area contributed by atoms with E-state index >= 15 is 0 Å². The summed E-state index contributed by atoms with van der Waals surface area (Å²) >= 11 is 9.39. The molecular formula is C12H15BrClNO2S. The Balaban J connectivity index is 2.06. The van der Waals surface area contributed by atoms with Gasteiger partial charge in [-0.3, -0.25) is 0 Å². The van der Waals surface area contributed by atoms with Gasteiger partial charge in [-0.25, -0.2) is 13.1 Å². The van der Waals surface area contributed by atoms with Gasteiger partial charge >= 0.3 is 0 Å². The molecule has 0 aliphatic heterocycles. The van der Waals surface area contributed by atoms with Crippen LogP contribution in [0.4, 0.5) is 0 Å². The maximum Gasteiger partial charge on any atom is 0.241 e. The van der Waals surface area contributed by atoms with Gasteiger partial charge in [-0.1, -0.05) is 18.6 Å². The highest BCUT2D eigenvalue weighted by atomic mass is 79.9. The lowest BCUT2D eigenvalue weighted by Crippen LogP contribution is -2.31. The summed E-state index contributed by atoms with van der Waals surface area (Å²) in [6.07, 6.45) is 3.05. The average Bonchev–Trinajstić information content (AvgIpc) is 2.73. The first-order chi connectivity index (χ1) is 8.50. The van der Waals surface area contributed by atoms with Crippen molar-refractivity contribution in [2.45, 2.75) is 29.5 Å². The summed E-state index contributed by atoms with van der Waals surface area (Å²) < 4.78 is 27.5. The van der Waals surface area contributed by atoms with Gasteiger partial charge in [-0.05, 0) is 46.8 Å². The fraction of sp³-hybridized carbons (Fsp3) is 0.500. The van der Waals surface area contributed by atoms with Crippen molar-refractivity contribution >= 4 is 37.6 Å². The Labute approximate surface area is 121 Å². The SMILES string of the molecule is O=S(=O)(NCC1CCCC1Cl)c1ccccc1Br. The molecule has 0 aromatic heterocycles. The highest BCUT2D eigenvalue weighted by molar-refractivity contribution is 9.10. The second-order valence-electron chi connectivity index (χ2n) is 4.49. The maximum atomic E-state index is 12.1. The molecule has 0 spiro atoms. The predicted molar refractivity (Wildman–Crippen MR) is 76.3 cm³/mol. The zero-order valence-corrected chi connectivity index (χ0v) is 12.9. The van der Waals surface area contributed by atoms with E-state index in [9.17, 15) is 8.42 Å². The predicted octanol–water partition coefficient (Wildman–Crippen LogP) is 3.13. The zero-order chi connectivity index (χ0) is 13.2. The highest BCUT2D eigenvalue weighted by Gasteiger charge is 2.27. The van der Waals surface area contributed by atoms with Gasteiger partial charge in [-0.2, -0.15) is 0 Å². The summed E-state index contributed by atoms with van der Waals surface area (Å²) in [5.41, 5.74) is 0. The molecule has 1 aromatic rings. The Morgan fingerprint density at radius 2 is 2.06 bits per heavy atom. The molecule has 0 heterocycles. The minimum absolute atomic E-state index is 0.0897. The quantitative estimate of drug-likeness (QED) is 0.846. The molecule has 100 valence electrons. The number of hydrogen-bond donors (Lipinski definition) is 1. The van der Waals surface area contributed by atoms with Gasteiger partial charge in [0.25, 0.3) is 0 Å². The van der Waals surface area contributed by atoms with Crippen LogP contribution in [0.1, 0.15) is 19.3 Å². The van der Waals surface area contributed by atoms with Crippen molar-refractivity contribution in [2.75, 3.05) is 6.54 Å². The van der Waals surface area contributed by atoms with Crippen molar-refractivity contribution in [3.63, 3.8) is 0 Å². The van der Waals surface area contributed by atoms with Crippen LogP contribution in [0, 0.1) is 5.92 Å². The third-order valence-corrected chi connectivity index (χ3v) is 6.24. The van der Waals surface area contributed by atoms with Crippen LogP contribution in [-0.2, 0) is 10.0 Å². The van der Waals surface area contributed by atoms with Gasteiger partial charge in [0.2, 0.25) is 10.0 Å². The van der Waals surface area contributed by atoms with E-state index in [1.54, 1.807) is 24.3 Å². The Bertz CT molecular complexity index is 521. The molecule has 2 rings (SSSR count). The minimum atomic E-state index is -3.46. The lowest BCUT2D eigenvalue weighted by atomic mass is 10.1. The van der Waals surface area contributed by atoms with E-state index in [0.29, 0.717) is 11.0 Å². The van der Waals surface area contributed by atoms with E-state index in [1.165, 1.54) is 0 Å². The molecule has 1 fully saturated rings. The standard InChI is InChI=1S/C12H15BrClNO2S/c13-10-5-1-2-7-12(10)18(16,17)15-8-9-4-3-6-11(9)14/h1-2,5,7,9,11,15H,3-4,6,8H2. The lowest BCUT2D eigenvalue weighted by molar-refractivity contribution is 0.523. The zero-order valence-electron chi connectivity index (χ0n) is 9.77. The minimum Gasteiger partial charge on any atom is -0.211 e. The van der Waals surface area contributed by atoms with Gasteiger partial charge in [0, 0.05) is 16.4 Å². The second kappa shape index (κ2) is 5.90. The first-order valence-electron chi connectivity index (χ1n) is 5.89. The van der Waals surface area contributed by atoms with Gasteiger partial charge in [-0.15, -0.1) is 11.6 Å². The Kier molecular flexibility index (Phi) is 4.69. The van der Waals surface area contributed by atoms with Gasteiger partial charge in [0.15, 0.2) is 0 Å². The topological polar surface area (TPSA) is 46.2 Å². The summed E-state index contributed by atoms with van der Waals surface area (Å²) in [5.74, 6) is 0.240. The number of nitrogens with one attached hydrogen (secondary N) is 1. The number of hydrogen-bond acceptors (Lipinski definition) is 2. The number of rotatable bonds is 4. The fourth-order valence-corrected chi connectivity index (χ4v) is 4.64. The van der Waals surface area contributed by atoms with E-state index in [2.05, 4.69) is 20.7 Å². The van der Waals surface area contributed by atoms with Crippen LogP contribution in [0.25, 0.3) is 0 Å². The molecule has 0 saturated heterocycles. The monoisotopic (exact) mass is 351 g/mol. The number of alkyl halides is 1. The molecule has 2 atom stereocenters. The van der Waals surface area contributed by atoms with Crippen molar-refractivity contribution in [3.8, 4) is 0 Å². The molecule has 0 radical (unpaired) electrons. The normalized spacial score (nSPS) is 24.3. The summed E-state index contributed by atoms with van der Waals surface area (Å²) in [6, 6.07) is 6.79. The van der Waals surface area contributed by atoms with Crippen LogP contribution in [0.2, 0.25) is 0 Å². The molecule has 2 unspecified atom stereocenters. The van der Waals surface area contributed by atoms with Crippen molar-refractivity contribution < 1.29 is 8.42 Å². The maximum absolute atomic E-state index is 12.1. The Morgan fingerprint density at radius 3 is 2.67 bits per heavy atom. The van der Waals surface area contributed by atoms with Gasteiger partial charge in [0.1, 0.15) is 0 Å². The molecule has 1 aliphatic rings. The molecule has 0 amide bonds. The number of benzene rings is 1. The third kappa shape index (κ3) is 3.26. The highest BCUT2D eigenvalue weighted by Crippen LogP contribution is 2.30. The van der Waals surface area contributed by atoms with E-state index in [1.807, 2.05) is 0 Å². The summed E-state index contributed by atoms with van der Waals surface area (Å²) in [5, 5.41) is 0.0897. The summed E-state index contributed by atoms with van der Waals surface area (Å²) in [6.45, 7) is 0.415. The van der Waals surface area contributed by atoms with E-state index in [-0.39, 0.29) is 16.2 Å². The molecule has 1 saturated carbocycles. The summed E-state index contributed by atoms with van der Waals surface area (Å²) in [7, 11) is -3.46. The third-order valence-electron chi connectivity index (χ3n) is 3.23. The van der Waals surface area contributed by atoms with Crippen molar-refractivity contribution in [1.29, 1.82) is 0 Å². The van der Waals surface area contributed by atoms with Crippen LogP contribution in [0.5, 0.6) is 0 Å². The van der Waals surface area contributed by atoms with E-state index < -0.39 is 10.0 Å². The first-order valence-corrected chi connectivity index (χ1v) is 8.60. The van der Waals surface area contributed by atoms with Crippen LogP contribution in [0.3, 0.4) is 0 Å². The molecule has 3 nitrogen and oxygen atoms in total. The molecule has 0 bridgehead atoms. The van der Waals surface area contributed by atoms with Crippen LogP contribution in [-0.4, -0.2) is 20.3 Å². The van der Waals surface area contributed by atoms with Gasteiger partial charge in [0.05, 0.1) is 4.90 Å². The molecule has 1 aromatic carbocycles. The molecule has 18 heavy (non-hydrogen) atoms. The van der Waals surface area contributed by atoms with E-state index in [0.717, 1.165) is 19.3 Å². The largest absolute Gasteiger partial charge is 0.241 e. The summed E-state index contributed by atoms with van der Waals surface area (Å²) in [4.78, 5) is 0.272. The number of sulfonamides is 1. The van der Waals surface area contributed by atoms with E-state index in [4.69, 9.17) is 11.6 Å². The Hall–Kier alpha value is -0.100. The van der Waals surface area contributed by atoms with Crippen molar-refractivity contribution in [1.82, 2.24) is 4.72 Å². The molecule has 1 aliphatic carbocycles. The van der Waals surface area contributed by atoms with Crippen molar-refractivity contribution in [3.05, 3.63) is 28.7 Å². The van der Waals surface area contributed by atoms with Gasteiger partial charge < -0.3 is 0 Å². The van der Waals surface area contributed by atoms with Crippen LogP contribution >= 0.6 is 27.5 Å². The Morgan fingerprint density at radius 1 is 1.33 bits per heavy atom. The van der Waals surface area contributed by atoms with Crippen LogP contribution < -0.4 is 4.72 Å². The smallest absolute Gasteiger partial charge is 0.211 e. The average molecular weight is 353 g/mol.